The molecular formula is C29H36SiZr. The molecule has 0 radical (unpaired) electrons. The van der Waals surface area contributed by atoms with Gasteiger partial charge in [-0.1, -0.05) is 56.0 Å². The molecule has 0 spiro atoms. The minimum Gasteiger partial charge on any atom is -0.150 e. The van der Waals surface area contributed by atoms with E-state index in [1.54, 1.807) is 23.3 Å². The first-order chi connectivity index (χ1) is 14.5. The largest absolute Gasteiger partial charge is 0.150 e. The van der Waals surface area contributed by atoms with Crippen LogP contribution in [0.4, 0.5) is 0 Å². The van der Waals surface area contributed by atoms with Crippen LogP contribution in [0.3, 0.4) is 0 Å². The topological polar surface area (TPSA) is 0 Å². The Morgan fingerprint density at radius 3 is 1.97 bits per heavy atom. The van der Waals surface area contributed by atoms with Gasteiger partial charge in [-0.25, -0.2) is 5.57 Å². The van der Waals surface area contributed by atoms with Gasteiger partial charge in [0.2, 0.25) is 0 Å². The maximum atomic E-state index is 3.36. The summed E-state index contributed by atoms with van der Waals surface area (Å²) in [5, 5.41) is 2.67. The third kappa shape index (κ3) is 6.80. The molecule has 3 aromatic carbocycles. The Labute approximate surface area is 205 Å². The number of allylic oxidation sites excluding steroid dienone is 4. The molecule has 31 heavy (non-hydrogen) atoms. The second-order valence-electron chi connectivity index (χ2n) is 8.88. The molecule has 160 valence electrons. The van der Waals surface area contributed by atoms with Gasteiger partial charge < -0.3 is 0 Å². The van der Waals surface area contributed by atoms with Crippen LogP contribution in [0.5, 0.6) is 0 Å². The minimum absolute atomic E-state index is 0.210. The van der Waals surface area contributed by atoms with Crippen molar-refractivity contribution in [3.63, 3.8) is 0 Å². The fourth-order valence-electron chi connectivity index (χ4n) is 3.80. The van der Waals surface area contributed by atoms with Crippen molar-refractivity contribution in [1.29, 1.82) is 0 Å². The van der Waals surface area contributed by atoms with E-state index in [-0.39, 0.29) is 5.43 Å². The van der Waals surface area contributed by atoms with Crippen LogP contribution in [-0.2, 0) is 23.3 Å². The molecule has 0 aliphatic heterocycles. The summed E-state index contributed by atoms with van der Waals surface area (Å²) in [7, 11) is 0. The van der Waals surface area contributed by atoms with E-state index in [1.807, 2.05) is 0 Å². The van der Waals surface area contributed by atoms with Crippen molar-refractivity contribution in [2.75, 3.05) is 0 Å². The molecule has 0 saturated heterocycles. The van der Waals surface area contributed by atoms with Gasteiger partial charge >= 0.3 is 41.9 Å². The maximum Gasteiger partial charge on any atom is -0.0395 e. The molecule has 4 rings (SSSR count). The molecule has 0 saturated carbocycles. The summed E-state index contributed by atoms with van der Waals surface area (Å²) in [6.07, 6.45) is 3.36. The molecule has 1 aliphatic rings. The van der Waals surface area contributed by atoms with Gasteiger partial charge in [-0.2, -0.15) is 11.1 Å². The average Bonchev–Trinajstić information content (AvgIpc) is 3.22. The zero-order chi connectivity index (χ0) is 23.3. The second kappa shape index (κ2) is 11.5. The Bertz CT molecular complexity index is 1140. The zero-order valence-corrected chi connectivity index (χ0v) is 24.2. The Morgan fingerprint density at radius 2 is 1.45 bits per heavy atom. The summed E-state index contributed by atoms with van der Waals surface area (Å²) in [5.41, 5.74) is 11.3. The summed E-state index contributed by atoms with van der Waals surface area (Å²) >= 11 is 1.74. The van der Waals surface area contributed by atoms with Crippen LogP contribution in [0.15, 0.2) is 65.3 Å². The Balaban J connectivity index is 0.000000220. The number of hydrogen-bond donors (Lipinski definition) is 0. The van der Waals surface area contributed by atoms with Crippen molar-refractivity contribution in [2.24, 2.45) is 5.92 Å². The van der Waals surface area contributed by atoms with Gasteiger partial charge in [0.1, 0.15) is 0 Å². The van der Waals surface area contributed by atoms with Gasteiger partial charge in [0.05, 0.1) is 0 Å². The first kappa shape index (κ1) is 25.9. The van der Waals surface area contributed by atoms with Crippen LogP contribution in [0.2, 0.25) is 13.1 Å². The minimum atomic E-state index is 0.210. The molecule has 1 aliphatic carbocycles. The van der Waals surface area contributed by atoms with Crippen molar-refractivity contribution in [3.05, 3.63) is 88.0 Å². The molecule has 0 nitrogen and oxygen atoms in total. The Morgan fingerprint density at radius 1 is 0.871 bits per heavy atom. The molecular weight excluding hydrogens is 468 g/mol. The molecule has 1 atom stereocenters. The average molecular weight is 504 g/mol. The van der Waals surface area contributed by atoms with E-state index in [0.29, 0.717) is 5.92 Å². The maximum absolute atomic E-state index is 3.36. The van der Waals surface area contributed by atoms with E-state index in [4.69, 9.17) is 0 Å². The van der Waals surface area contributed by atoms with Crippen molar-refractivity contribution in [2.45, 2.75) is 61.6 Å². The van der Waals surface area contributed by atoms with Crippen LogP contribution in [0.25, 0.3) is 21.9 Å². The Hall–Kier alpha value is -1.37. The third-order valence-corrected chi connectivity index (χ3v) is 6.05. The first-order valence-electron chi connectivity index (χ1n) is 11.0. The molecule has 0 aromatic heterocycles. The van der Waals surface area contributed by atoms with Crippen molar-refractivity contribution < 1.29 is 23.3 Å². The zero-order valence-electron chi connectivity index (χ0n) is 20.7. The molecule has 3 aromatic rings. The van der Waals surface area contributed by atoms with Gasteiger partial charge in [-0.15, -0.1) is 53.6 Å². The van der Waals surface area contributed by atoms with Gasteiger partial charge in [0.15, 0.2) is 0 Å². The molecule has 0 fully saturated rings. The number of hydrogen-bond acceptors (Lipinski definition) is 0. The van der Waals surface area contributed by atoms with Crippen LogP contribution >= 0.6 is 0 Å². The van der Waals surface area contributed by atoms with Crippen molar-refractivity contribution in [1.82, 2.24) is 0 Å². The van der Waals surface area contributed by atoms with E-state index < -0.39 is 0 Å². The summed E-state index contributed by atoms with van der Waals surface area (Å²) in [4.78, 5) is 0. The van der Waals surface area contributed by atoms with Crippen molar-refractivity contribution in [3.8, 4) is 11.1 Å². The van der Waals surface area contributed by atoms with Gasteiger partial charge in [0.25, 0.3) is 0 Å². The van der Waals surface area contributed by atoms with Gasteiger partial charge in [-0.3, -0.25) is 6.08 Å². The standard InChI is InChI=1S/C18H17.C9H13.C2H6Si.Zr/c1-12-10-14(3)18(11-13(12)2)17-9-8-15-6-4-5-7-16(15)17;1-6-5-7(2)9(4)8(6)3;1-3-2;/h4-11H,1-3H3;6H,1-4H3;1-2H3;/q2*-1;;+2. The van der Waals surface area contributed by atoms with Gasteiger partial charge in [-0.05, 0) is 31.9 Å². The number of benzene rings is 2. The van der Waals surface area contributed by atoms with E-state index in [2.05, 4.69) is 116 Å². The normalized spacial score (nSPS) is 15.2. The van der Waals surface area contributed by atoms with Crippen LogP contribution in [0, 0.1) is 32.8 Å². The molecule has 0 amide bonds. The summed E-state index contributed by atoms with van der Waals surface area (Å²) in [6.45, 7) is 19.8. The molecule has 1 unspecified atom stereocenters. The molecule has 2 heteroatoms. The number of rotatable bonds is 1. The quantitative estimate of drug-likeness (QED) is 0.230. The SMILES string of the molecule is CC1=[C-]C(C)C(C)=C1C.C[Si](C)=[Zr+2].Cc1cc(C)c(-c2c[cH-]c3ccccc23)cc1C. The van der Waals surface area contributed by atoms with E-state index >= 15 is 0 Å². The predicted molar refractivity (Wildman–Crippen MR) is 137 cm³/mol. The molecule has 0 N–H and O–H groups in total. The second-order valence-corrected chi connectivity index (χ2v) is 18.3. The van der Waals surface area contributed by atoms with Crippen LogP contribution in [-0.4, -0.2) is 5.43 Å². The van der Waals surface area contributed by atoms with Crippen LogP contribution in [0.1, 0.15) is 44.4 Å². The Kier molecular flexibility index (Phi) is 9.59. The fourth-order valence-corrected chi connectivity index (χ4v) is 3.80. The third-order valence-electron chi connectivity index (χ3n) is 6.05. The smallest absolute Gasteiger partial charge is 0.0395 e. The monoisotopic (exact) mass is 502 g/mol. The summed E-state index contributed by atoms with van der Waals surface area (Å²) < 4.78 is 0. The van der Waals surface area contributed by atoms with Crippen molar-refractivity contribution >= 4 is 16.2 Å². The van der Waals surface area contributed by atoms with Crippen LogP contribution < -0.4 is 0 Å². The molecule has 0 bridgehead atoms. The van der Waals surface area contributed by atoms with E-state index in [1.165, 1.54) is 55.3 Å². The number of aryl methyl sites for hydroxylation is 3. The predicted octanol–water partition coefficient (Wildman–Crippen LogP) is 8.66. The number of fused-ring (bicyclic) bond motifs is 1. The fraction of sp³-hybridized carbons (Fsp3) is 0.345. The van der Waals surface area contributed by atoms with Gasteiger partial charge in [0, 0.05) is 0 Å². The summed E-state index contributed by atoms with van der Waals surface area (Å²) in [6, 6.07) is 17.6. The van der Waals surface area contributed by atoms with E-state index in [0.717, 1.165) is 0 Å². The first-order valence-corrected chi connectivity index (χ1v) is 17.2. The molecule has 0 heterocycles. The van der Waals surface area contributed by atoms with E-state index in [9.17, 15) is 0 Å². The summed E-state index contributed by atoms with van der Waals surface area (Å²) in [5.74, 6) is 0.560.